The predicted octanol–water partition coefficient (Wildman–Crippen LogP) is 4.36. The van der Waals surface area contributed by atoms with Crippen molar-refractivity contribution in [2.45, 2.75) is 0 Å². The molecule has 1 N–H and O–H groups in total. The van der Waals surface area contributed by atoms with Gasteiger partial charge in [0.1, 0.15) is 12.1 Å². The lowest BCUT2D eigenvalue weighted by Gasteiger charge is -2.09. The molecule has 2 heterocycles. The van der Waals surface area contributed by atoms with Gasteiger partial charge >= 0.3 is 0 Å². The average Bonchev–Trinajstić information content (AvgIpc) is 3.25. The molecule has 1 amide bonds. The van der Waals surface area contributed by atoms with E-state index in [0.29, 0.717) is 33.7 Å². The van der Waals surface area contributed by atoms with Gasteiger partial charge in [-0.2, -0.15) is 5.10 Å². The maximum atomic E-state index is 12.3. The van der Waals surface area contributed by atoms with E-state index in [1.165, 1.54) is 6.33 Å². The molecular weight excluding hydrogens is 378 g/mol. The predicted molar refractivity (Wildman–Crippen MR) is 105 cm³/mol. The van der Waals surface area contributed by atoms with Crippen molar-refractivity contribution >= 4 is 23.2 Å². The van der Waals surface area contributed by atoms with Gasteiger partial charge in [0.2, 0.25) is 5.88 Å². The van der Waals surface area contributed by atoms with E-state index in [9.17, 15) is 4.79 Å². The minimum Gasteiger partial charge on any atom is -0.439 e. The Morgan fingerprint density at radius 3 is 2.61 bits per heavy atom. The van der Waals surface area contributed by atoms with E-state index in [4.69, 9.17) is 16.3 Å². The third-order valence-corrected chi connectivity index (χ3v) is 4.15. The number of anilines is 1. The van der Waals surface area contributed by atoms with E-state index in [0.717, 1.165) is 0 Å². The highest BCUT2D eigenvalue weighted by Gasteiger charge is 2.10. The smallest absolute Gasteiger partial charge is 0.257 e. The maximum Gasteiger partial charge on any atom is 0.257 e. The van der Waals surface area contributed by atoms with Crippen LogP contribution in [0.15, 0.2) is 79.4 Å². The number of benzene rings is 2. The van der Waals surface area contributed by atoms with E-state index >= 15 is 0 Å². The maximum absolute atomic E-state index is 12.3. The first-order valence-corrected chi connectivity index (χ1v) is 8.73. The molecule has 2 aromatic heterocycles. The van der Waals surface area contributed by atoms with E-state index in [1.54, 1.807) is 77.7 Å². The second kappa shape index (κ2) is 7.89. The van der Waals surface area contributed by atoms with Gasteiger partial charge in [-0.25, -0.2) is 14.6 Å². The van der Waals surface area contributed by atoms with E-state index in [2.05, 4.69) is 20.4 Å². The Bertz CT molecular complexity index is 1100. The fourth-order valence-corrected chi connectivity index (χ4v) is 2.71. The first-order chi connectivity index (χ1) is 13.7. The highest BCUT2D eigenvalue weighted by atomic mass is 35.5. The van der Waals surface area contributed by atoms with E-state index < -0.39 is 0 Å². The Labute approximate surface area is 165 Å². The van der Waals surface area contributed by atoms with Gasteiger partial charge in [-0.15, -0.1) is 0 Å². The Balaban J connectivity index is 1.45. The number of aromatic nitrogens is 4. The molecule has 138 valence electrons. The second-order valence-electron chi connectivity index (χ2n) is 5.73. The van der Waals surface area contributed by atoms with Crippen molar-refractivity contribution in [2.24, 2.45) is 0 Å². The Hall–Kier alpha value is -3.71. The molecule has 8 heteroatoms. The molecular formula is C20H14ClN5O2. The van der Waals surface area contributed by atoms with Gasteiger partial charge < -0.3 is 10.1 Å². The summed E-state index contributed by atoms with van der Waals surface area (Å²) >= 11 is 6.05. The van der Waals surface area contributed by atoms with Gasteiger partial charge in [-0.05, 0) is 42.5 Å². The third-order valence-electron chi connectivity index (χ3n) is 3.82. The van der Waals surface area contributed by atoms with Gasteiger partial charge in [0.05, 0.1) is 10.6 Å². The van der Waals surface area contributed by atoms with E-state index in [1.807, 2.05) is 0 Å². The largest absolute Gasteiger partial charge is 0.439 e. The number of carbonyl (C=O) groups is 1. The van der Waals surface area contributed by atoms with Crippen LogP contribution in [0.2, 0.25) is 5.02 Å². The molecule has 0 aliphatic carbocycles. The summed E-state index contributed by atoms with van der Waals surface area (Å²) in [6, 6.07) is 17.3. The highest BCUT2D eigenvalue weighted by Crippen LogP contribution is 2.23. The summed E-state index contributed by atoms with van der Waals surface area (Å²) in [6.07, 6.45) is 4.85. The first kappa shape index (κ1) is 17.7. The van der Waals surface area contributed by atoms with Crippen LogP contribution >= 0.6 is 11.6 Å². The lowest BCUT2D eigenvalue weighted by atomic mass is 10.2. The van der Waals surface area contributed by atoms with Crippen LogP contribution in [0.1, 0.15) is 10.4 Å². The van der Waals surface area contributed by atoms with Gasteiger partial charge in [0, 0.05) is 24.1 Å². The van der Waals surface area contributed by atoms with Crippen LogP contribution in [0, 0.1) is 0 Å². The fourth-order valence-electron chi connectivity index (χ4n) is 2.49. The number of rotatable bonds is 5. The Morgan fingerprint density at radius 2 is 1.86 bits per heavy atom. The van der Waals surface area contributed by atoms with Crippen LogP contribution in [0.4, 0.5) is 5.69 Å². The number of amides is 1. The quantitative estimate of drug-likeness (QED) is 0.546. The molecule has 2 aromatic carbocycles. The molecule has 4 rings (SSSR count). The molecule has 0 saturated carbocycles. The van der Waals surface area contributed by atoms with Crippen LogP contribution in [0.25, 0.3) is 5.82 Å². The third kappa shape index (κ3) is 3.99. The highest BCUT2D eigenvalue weighted by molar-refractivity contribution is 6.34. The van der Waals surface area contributed by atoms with Gasteiger partial charge in [0.15, 0.2) is 5.82 Å². The van der Waals surface area contributed by atoms with Crippen molar-refractivity contribution in [2.75, 3.05) is 5.32 Å². The molecule has 0 spiro atoms. The fraction of sp³-hybridized carbons (Fsp3) is 0. The van der Waals surface area contributed by atoms with Crippen molar-refractivity contribution in [3.05, 3.63) is 90.0 Å². The SMILES string of the molecule is O=C(Nc1ccc(Oc2cc(-n3cccn3)ncn2)cc1)c1ccccc1Cl. The van der Waals surface area contributed by atoms with Gasteiger partial charge in [-0.3, -0.25) is 4.79 Å². The number of hydrogen-bond acceptors (Lipinski definition) is 5. The van der Waals surface area contributed by atoms with Crippen molar-refractivity contribution in [1.82, 2.24) is 19.7 Å². The average molecular weight is 392 g/mol. The van der Waals surface area contributed by atoms with Crippen LogP contribution in [0.3, 0.4) is 0 Å². The zero-order valence-corrected chi connectivity index (χ0v) is 15.2. The molecule has 7 nitrogen and oxygen atoms in total. The number of ether oxygens (including phenoxy) is 1. The molecule has 0 radical (unpaired) electrons. The van der Waals surface area contributed by atoms with Gasteiger partial charge in [0.25, 0.3) is 5.91 Å². The minimum absolute atomic E-state index is 0.279. The molecule has 28 heavy (non-hydrogen) atoms. The number of nitrogens with zero attached hydrogens (tertiary/aromatic N) is 4. The summed E-state index contributed by atoms with van der Waals surface area (Å²) in [5.41, 5.74) is 1.04. The Kier molecular flexibility index (Phi) is 4.99. The molecule has 0 aliphatic rings. The molecule has 0 fully saturated rings. The zero-order chi connectivity index (χ0) is 19.3. The van der Waals surface area contributed by atoms with Crippen LogP contribution in [-0.4, -0.2) is 25.7 Å². The number of halogens is 1. The lowest BCUT2D eigenvalue weighted by Crippen LogP contribution is -2.12. The Morgan fingerprint density at radius 1 is 1.04 bits per heavy atom. The lowest BCUT2D eigenvalue weighted by molar-refractivity contribution is 0.102. The number of carbonyl (C=O) groups excluding carboxylic acids is 1. The van der Waals surface area contributed by atoms with Crippen LogP contribution in [0.5, 0.6) is 11.6 Å². The summed E-state index contributed by atoms with van der Waals surface area (Å²) in [5, 5.41) is 7.33. The minimum atomic E-state index is -0.279. The molecule has 0 aliphatic heterocycles. The summed E-state index contributed by atoms with van der Waals surface area (Å²) in [5.74, 6) is 1.27. The molecule has 0 unspecified atom stereocenters. The van der Waals surface area contributed by atoms with Gasteiger partial charge in [-0.1, -0.05) is 23.7 Å². The van der Waals surface area contributed by atoms with Crippen molar-refractivity contribution in [3.8, 4) is 17.4 Å². The normalized spacial score (nSPS) is 10.5. The summed E-state index contributed by atoms with van der Waals surface area (Å²) in [4.78, 5) is 20.6. The molecule has 0 atom stereocenters. The topological polar surface area (TPSA) is 81.9 Å². The summed E-state index contributed by atoms with van der Waals surface area (Å²) in [6.45, 7) is 0. The van der Waals surface area contributed by atoms with Crippen molar-refractivity contribution in [1.29, 1.82) is 0 Å². The first-order valence-electron chi connectivity index (χ1n) is 8.35. The standard InChI is InChI=1S/C20H14ClN5O2/c21-17-5-2-1-4-16(17)20(27)25-14-6-8-15(9-7-14)28-19-12-18(22-13-23-19)26-11-3-10-24-26/h1-13H,(H,25,27). The second-order valence-corrected chi connectivity index (χ2v) is 6.13. The zero-order valence-electron chi connectivity index (χ0n) is 14.5. The molecule has 4 aromatic rings. The van der Waals surface area contributed by atoms with Crippen LogP contribution in [-0.2, 0) is 0 Å². The van der Waals surface area contributed by atoms with Crippen molar-refractivity contribution < 1.29 is 9.53 Å². The number of hydrogen-bond donors (Lipinski definition) is 1. The molecule has 0 bridgehead atoms. The number of nitrogens with one attached hydrogen (secondary N) is 1. The molecule has 0 saturated heterocycles. The monoisotopic (exact) mass is 391 g/mol. The van der Waals surface area contributed by atoms with E-state index in [-0.39, 0.29) is 5.91 Å². The van der Waals surface area contributed by atoms with Crippen LogP contribution < -0.4 is 10.1 Å². The summed E-state index contributed by atoms with van der Waals surface area (Å²) in [7, 11) is 0. The summed E-state index contributed by atoms with van der Waals surface area (Å²) < 4.78 is 7.37. The van der Waals surface area contributed by atoms with Crippen molar-refractivity contribution in [3.63, 3.8) is 0 Å².